The van der Waals surface area contributed by atoms with Crippen molar-refractivity contribution in [2.75, 3.05) is 12.0 Å². The fourth-order valence-electron chi connectivity index (χ4n) is 2.43. The summed E-state index contributed by atoms with van der Waals surface area (Å²) in [6, 6.07) is 9.70. The minimum Gasteiger partial charge on any atom is -0.395 e. The van der Waals surface area contributed by atoms with Crippen LogP contribution in [-0.4, -0.2) is 32.8 Å². The number of para-hydroxylation sites is 2. The predicted octanol–water partition coefficient (Wildman–Crippen LogP) is 3.29. The first-order valence-electron chi connectivity index (χ1n) is 7.57. The third-order valence-electron chi connectivity index (χ3n) is 3.65. The van der Waals surface area contributed by atoms with Crippen molar-refractivity contribution < 1.29 is 14.1 Å². The van der Waals surface area contributed by atoms with Crippen molar-refractivity contribution >= 4 is 34.6 Å². The second-order valence-electron chi connectivity index (χ2n) is 5.34. The average Bonchev–Trinajstić information content (AvgIpc) is 3.25. The van der Waals surface area contributed by atoms with Gasteiger partial charge in [-0.2, -0.15) is 11.8 Å². The van der Waals surface area contributed by atoms with E-state index in [1.54, 1.807) is 11.8 Å². The summed E-state index contributed by atoms with van der Waals surface area (Å²) in [5.41, 5.74) is 1.70. The number of carbonyl (C=O) groups is 1. The number of imidazole rings is 1. The number of benzene rings is 1. The zero-order valence-corrected chi connectivity index (χ0v) is 14.2. The van der Waals surface area contributed by atoms with E-state index in [-0.39, 0.29) is 11.8 Å². The molecule has 0 aliphatic carbocycles. The van der Waals surface area contributed by atoms with Gasteiger partial charge in [0.05, 0.1) is 23.1 Å². The molecule has 0 saturated heterocycles. The highest BCUT2D eigenvalue weighted by Crippen LogP contribution is 2.22. The van der Waals surface area contributed by atoms with Crippen LogP contribution < -0.4 is 5.32 Å². The normalized spacial score (nSPS) is 12.2. The van der Waals surface area contributed by atoms with Crippen LogP contribution in [0.5, 0.6) is 0 Å². The molecule has 130 valence electrons. The Hall–Kier alpha value is -2.81. The smallest absolute Gasteiger partial charge is 0.395 e. The van der Waals surface area contributed by atoms with Crippen LogP contribution in [0.2, 0.25) is 0 Å². The van der Waals surface area contributed by atoms with Crippen molar-refractivity contribution in [2.24, 2.45) is 0 Å². The monoisotopic (exact) mass is 360 g/mol. The summed E-state index contributed by atoms with van der Waals surface area (Å²) in [5.74, 6) is 0.385. The average molecular weight is 360 g/mol. The fourth-order valence-corrected chi connectivity index (χ4v) is 2.90. The number of nitro groups is 1. The van der Waals surface area contributed by atoms with Gasteiger partial charge in [0, 0.05) is 0 Å². The van der Waals surface area contributed by atoms with E-state index < -0.39 is 16.7 Å². The zero-order valence-electron chi connectivity index (χ0n) is 13.4. The Kier molecular flexibility index (Phi) is 5.03. The van der Waals surface area contributed by atoms with Crippen LogP contribution in [0.1, 0.15) is 28.8 Å². The lowest BCUT2D eigenvalue weighted by molar-refractivity contribution is -0.402. The molecule has 2 N–H and O–H groups in total. The summed E-state index contributed by atoms with van der Waals surface area (Å²) in [6.07, 6.45) is 2.64. The fraction of sp³-hybridized carbons (Fsp3) is 0.250. The number of nitrogens with zero attached hydrogens (tertiary/aromatic N) is 2. The van der Waals surface area contributed by atoms with Gasteiger partial charge in [0.25, 0.3) is 5.91 Å². The Bertz CT molecular complexity index is 871. The third-order valence-corrected chi connectivity index (χ3v) is 4.29. The van der Waals surface area contributed by atoms with E-state index in [9.17, 15) is 14.9 Å². The molecule has 1 atom stereocenters. The van der Waals surface area contributed by atoms with E-state index in [1.165, 1.54) is 6.07 Å². The molecule has 0 unspecified atom stereocenters. The van der Waals surface area contributed by atoms with Gasteiger partial charge in [-0.05, 0) is 36.6 Å². The van der Waals surface area contributed by atoms with Crippen LogP contribution in [0.3, 0.4) is 0 Å². The molecule has 0 aliphatic heterocycles. The van der Waals surface area contributed by atoms with E-state index in [2.05, 4.69) is 15.3 Å². The van der Waals surface area contributed by atoms with Gasteiger partial charge in [-0.25, -0.2) is 4.98 Å². The molecule has 1 amide bonds. The number of aromatic nitrogens is 2. The van der Waals surface area contributed by atoms with Crippen LogP contribution in [0.15, 0.2) is 40.8 Å². The second kappa shape index (κ2) is 7.39. The minimum atomic E-state index is -0.679. The summed E-state index contributed by atoms with van der Waals surface area (Å²) in [6.45, 7) is 0. The highest BCUT2D eigenvalue weighted by molar-refractivity contribution is 7.98. The van der Waals surface area contributed by atoms with E-state index in [0.29, 0.717) is 12.2 Å². The molecule has 25 heavy (non-hydrogen) atoms. The van der Waals surface area contributed by atoms with Gasteiger partial charge in [-0.3, -0.25) is 14.9 Å². The number of rotatable bonds is 7. The van der Waals surface area contributed by atoms with E-state index in [4.69, 9.17) is 4.42 Å². The molecule has 1 aromatic carbocycles. The number of furan rings is 1. The lowest BCUT2D eigenvalue weighted by Gasteiger charge is -2.15. The number of nitrogens with one attached hydrogen (secondary N) is 2. The molecular formula is C16H16N4O4S. The molecule has 0 spiro atoms. The Labute approximate surface area is 147 Å². The molecule has 3 aromatic rings. The van der Waals surface area contributed by atoms with Gasteiger partial charge in [-0.1, -0.05) is 12.1 Å². The number of amides is 1. The highest BCUT2D eigenvalue weighted by atomic mass is 32.2. The number of thioether (sulfide) groups is 1. The van der Waals surface area contributed by atoms with Gasteiger partial charge < -0.3 is 14.7 Å². The van der Waals surface area contributed by atoms with Gasteiger partial charge in [0.1, 0.15) is 10.7 Å². The second-order valence-corrected chi connectivity index (χ2v) is 6.33. The zero-order chi connectivity index (χ0) is 17.8. The van der Waals surface area contributed by atoms with Gasteiger partial charge in [-0.15, -0.1) is 0 Å². The van der Waals surface area contributed by atoms with Crippen molar-refractivity contribution in [3.8, 4) is 0 Å². The Balaban J connectivity index is 1.82. The summed E-state index contributed by atoms with van der Waals surface area (Å²) in [5, 5.41) is 13.5. The van der Waals surface area contributed by atoms with Crippen LogP contribution in [0, 0.1) is 10.1 Å². The van der Waals surface area contributed by atoms with Crippen molar-refractivity contribution in [2.45, 2.75) is 12.5 Å². The number of fused-ring (bicyclic) bond motifs is 1. The molecule has 0 radical (unpaired) electrons. The van der Waals surface area contributed by atoms with Crippen LogP contribution in [0.25, 0.3) is 11.0 Å². The molecule has 8 nitrogen and oxygen atoms in total. The number of hydrogen-bond acceptors (Lipinski definition) is 6. The van der Waals surface area contributed by atoms with Crippen molar-refractivity contribution in [1.82, 2.24) is 15.3 Å². The van der Waals surface area contributed by atoms with Crippen LogP contribution in [-0.2, 0) is 0 Å². The molecule has 0 saturated carbocycles. The molecule has 2 heterocycles. The number of aromatic amines is 1. The maximum atomic E-state index is 12.4. The molecule has 0 fully saturated rings. The number of H-pyrrole nitrogens is 1. The molecule has 0 aliphatic rings. The summed E-state index contributed by atoms with van der Waals surface area (Å²) < 4.78 is 4.96. The van der Waals surface area contributed by atoms with E-state index >= 15 is 0 Å². The topological polar surface area (TPSA) is 114 Å². The van der Waals surface area contributed by atoms with Crippen LogP contribution >= 0.6 is 11.8 Å². The SMILES string of the molecule is CSCC[C@@H](NC(=O)c1ccc([N+](=O)[O-])o1)c1nc2ccccc2[nH]1. The third kappa shape index (κ3) is 3.82. The molecule has 2 aromatic heterocycles. The highest BCUT2D eigenvalue weighted by Gasteiger charge is 2.22. The van der Waals surface area contributed by atoms with Gasteiger partial charge in [0.2, 0.25) is 0 Å². The summed E-state index contributed by atoms with van der Waals surface area (Å²) in [7, 11) is 0. The largest absolute Gasteiger partial charge is 0.433 e. The van der Waals surface area contributed by atoms with Gasteiger partial charge >= 0.3 is 5.88 Å². The predicted molar refractivity (Wildman–Crippen MR) is 94.7 cm³/mol. The lowest BCUT2D eigenvalue weighted by atomic mass is 10.2. The van der Waals surface area contributed by atoms with Crippen molar-refractivity contribution in [3.05, 3.63) is 58.1 Å². The maximum Gasteiger partial charge on any atom is 0.433 e. The summed E-state index contributed by atoms with van der Waals surface area (Å²) in [4.78, 5) is 30.1. The van der Waals surface area contributed by atoms with Crippen molar-refractivity contribution in [3.63, 3.8) is 0 Å². The number of carbonyl (C=O) groups excluding carboxylic acids is 1. The molecular weight excluding hydrogens is 344 g/mol. The Morgan fingerprint density at radius 3 is 2.88 bits per heavy atom. The van der Waals surface area contributed by atoms with E-state index in [1.807, 2.05) is 30.5 Å². The quantitative estimate of drug-likeness (QED) is 0.493. The summed E-state index contributed by atoms with van der Waals surface area (Å²) >= 11 is 1.66. The molecule has 3 rings (SSSR count). The molecule has 9 heteroatoms. The Morgan fingerprint density at radius 1 is 1.40 bits per heavy atom. The number of hydrogen-bond donors (Lipinski definition) is 2. The first-order chi connectivity index (χ1) is 12.1. The van der Waals surface area contributed by atoms with Crippen LogP contribution in [0.4, 0.5) is 5.88 Å². The lowest BCUT2D eigenvalue weighted by Crippen LogP contribution is -2.29. The van der Waals surface area contributed by atoms with Crippen molar-refractivity contribution in [1.29, 1.82) is 0 Å². The first kappa shape index (κ1) is 17.0. The first-order valence-corrected chi connectivity index (χ1v) is 8.96. The molecule has 0 bridgehead atoms. The maximum absolute atomic E-state index is 12.4. The standard InChI is InChI=1S/C16H16N4O4S/c1-25-9-8-12(15-17-10-4-2-3-5-11(10)18-15)19-16(21)13-6-7-14(24-13)20(22)23/h2-7,12H,8-9H2,1H3,(H,17,18)(H,19,21)/t12-/m1/s1. The van der Waals surface area contributed by atoms with E-state index in [0.717, 1.165) is 22.9 Å². The minimum absolute atomic E-state index is 0.100. The Morgan fingerprint density at radius 2 is 2.20 bits per heavy atom. The van der Waals surface area contributed by atoms with Gasteiger partial charge in [0.15, 0.2) is 5.76 Å².